The molecule has 10 nitrogen and oxygen atoms in total. The van der Waals surface area contributed by atoms with Crippen LogP contribution in [0.25, 0.3) is 0 Å². The summed E-state index contributed by atoms with van der Waals surface area (Å²) in [6, 6.07) is 22.0. The van der Waals surface area contributed by atoms with Crippen LogP contribution in [0.3, 0.4) is 0 Å². The Morgan fingerprint density at radius 1 is 1.05 bits per heavy atom. The van der Waals surface area contributed by atoms with E-state index in [9.17, 15) is 14.7 Å². The fourth-order valence-corrected chi connectivity index (χ4v) is 9.81. The molecule has 3 heterocycles. The van der Waals surface area contributed by atoms with Crippen molar-refractivity contribution in [2.45, 2.75) is 87.2 Å². The molecule has 3 aliphatic heterocycles. The fourth-order valence-electron chi connectivity index (χ4n) is 8.86. The van der Waals surface area contributed by atoms with Gasteiger partial charge in [0.15, 0.2) is 0 Å². The predicted octanol–water partition coefficient (Wildman–Crippen LogP) is 6.27. The molecule has 3 fully saturated rings. The van der Waals surface area contributed by atoms with E-state index in [2.05, 4.69) is 29.1 Å². The number of carbonyl (C=O) groups is 4. The molecule has 11 heteroatoms. The van der Waals surface area contributed by atoms with E-state index in [1.807, 2.05) is 99.6 Å². The van der Waals surface area contributed by atoms with Crippen LogP contribution < -0.4 is 4.90 Å². The van der Waals surface area contributed by atoms with Crippen LogP contribution >= 0.6 is 15.9 Å². The maximum absolute atomic E-state index is 15.4. The van der Waals surface area contributed by atoms with Crippen molar-refractivity contribution >= 4 is 45.3 Å². The van der Waals surface area contributed by atoms with Gasteiger partial charge in [0.1, 0.15) is 17.7 Å². The van der Waals surface area contributed by atoms with E-state index in [0.717, 1.165) is 16.7 Å². The molecular formula is C45H52BrN3O7. The lowest BCUT2D eigenvalue weighted by Crippen LogP contribution is -2.59. The SMILES string of the molecule is C=CCCC(=O)N(C)[C@H](C)[C@H](OC(=O)[C@H]1[C@@H]2O[C@@]3(CC2Br)[C@@H]1C(=O)N([C@@H](CO)Cc1ccccc1)[C@@H]3C(=O)N(CC=C)c1cc(C)ccc1C)c1ccccc1. The molecule has 0 radical (unpaired) electrons. The van der Waals surface area contributed by atoms with Crippen molar-refractivity contribution in [1.82, 2.24) is 9.80 Å². The van der Waals surface area contributed by atoms with Gasteiger partial charge in [0, 0.05) is 30.5 Å². The molecule has 9 atom stereocenters. The number of esters is 1. The quantitative estimate of drug-likeness (QED) is 0.103. The number of halogens is 1. The Bertz CT molecular complexity index is 1940. The number of fused-ring (bicyclic) bond motifs is 1. The molecule has 56 heavy (non-hydrogen) atoms. The van der Waals surface area contributed by atoms with Gasteiger partial charge in [-0.15, -0.1) is 13.2 Å². The van der Waals surface area contributed by atoms with Crippen molar-refractivity contribution < 1.29 is 33.8 Å². The smallest absolute Gasteiger partial charge is 0.313 e. The van der Waals surface area contributed by atoms with Gasteiger partial charge in [-0.05, 0) is 68.4 Å². The number of benzene rings is 3. The van der Waals surface area contributed by atoms with Crippen LogP contribution in [0.4, 0.5) is 5.69 Å². The molecule has 1 N–H and O–H groups in total. The van der Waals surface area contributed by atoms with Gasteiger partial charge >= 0.3 is 5.97 Å². The number of hydrogen-bond donors (Lipinski definition) is 1. The molecule has 6 rings (SSSR count). The largest absolute Gasteiger partial charge is 0.455 e. The summed E-state index contributed by atoms with van der Waals surface area (Å²) in [6.07, 6.45) is 3.01. The van der Waals surface area contributed by atoms with Crippen LogP contribution in [0.1, 0.15) is 54.5 Å². The van der Waals surface area contributed by atoms with E-state index in [-0.39, 0.29) is 42.4 Å². The van der Waals surface area contributed by atoms with E-state index in [4.69, 9.17) is 9.47 Å². The molecule has 3 aliphatic rings. The van der Waals surface area contributed by atoms with E-state index >= 15 is 9.59 Å². The number of carbonyl (C=O) groups excluding carboxylic acids is 4. The Kier molecular flexibility index (Phi) is 12.7. The first kappa shape index (κ1) is 41.1. The number of likely N-dealkylation sites (tertiary alicyclic amines) is 1. The highest BCUT2D eigenvalue weighted by molar-refractivity contribution is 9.09. The average molecular weight is 827 g/mol. The lowest BCUT2D eigenvalue weighted by atomic mass is 9.70. The van der Waals surface area contributed by atoms with Crippen LogP contribution in [-0.2, 0) is 35.1 Å². The summed E-state index contributed by atoms with van der Waals surface area (Å²) in [5.74, 6) is -3.75. The van der Waals surface area contributed by atoms with Gasteiger partial charge in [0.25, 0.3) is 5.91 Å². The first-order valence-corrected chi connectivity index (χ1v) is 20.2. The average Bonchev–Trinajstić information content (AvgIpc) is 3.81. The minimum Gasteiger partial charge on any atom is -0.455 e. The zero-order valence-corrected chi connectivity index (χ0v) is 34.1. The third-order valence-corrected chi connectivity index (χ3v) is 12.6. The maximum atomic E-state index is 15.4. The van der Waals surface area contributed by atoms with Crippen molar-refractivity contribution in [3.63, 3.8) is 0 Å². The first-order chi connectivity index (χ1) is 26.9. The van der Waals surface area contributed by atoms with E-state index in [1.54, 1.807) is 29.0 Å². The molecule has 0 saturated carbocycles. The number of aryl methyl sites for hydroxylation is 2. The third kappa shape index (κ3) is 7.61. The summed E-state index contributed by atoms with van der Waals surface area (Å²) in [5.41, 5.74) is 2.65. The zero-order chi connectivity index (χ0) is 40.3. The van der Waals surface area contributed by atoms with Crippen molar-refractivity contribution in [2.75, 3.05) is 25.1 Å². The predicted molar refractivity (Wildman–Crippen MR) is 219 cm³/mol. The summed E-state index contributed by atoms with van der Waals surface area (Å²) in [4.78, 5) is 62.8. The Morgan fingerprint density at radius 3 is 2.38 bits per heavy atom. The highest BCUT2D eigenvalue weighted by atomic mass is 79.9. The molecule has 3 amide bonds. The number of anilines is 1. The molecule has 3 aromatic carbocycles. The summed E-state index contributed by atoms with van der Waals surface area (Å²) in [5, 5.41) is 11.0. The standard InChI is InChI=1S/C45H52BrN3O7/c1-7-9-20-36(51)47(6)30(5)39(32-18-14-11-15-19-32)55-44(54)37-38-42(52)49(33(27-50)25-31-16-12-10-13-17-31)41(45(38)26-34(46)40(37)56-45)43(53)48(23-8-2)35-24-28(3)21-22-29(35)4/h7-8,10-19,21-22,24,30,33-34,37-41,50H,1-2,9,20,23,25-27H2,3-6H3/t30-,33-,34?,37-,38+,39+,40-,41-,45+/m1/s1. The highest BCUT2D eigenvalue weighted by Crippen LogP contribution is 2.61. The number of amides is 3. The number of aliphatic hydroxyl groups is 1. The summed E-state index contributed by atoms with van der Waals surface area (Å²) in [6.45, 7) is 13.1. The van der Waals surface area contributed by atoms with Gasteiger partial charge in [-0.2, -0.15) is 0 Å². The summed E-state index contributed by atoms with van der Waals surface area (Å²) >= 11 is 3.79. The molecular weight excluding hydrogens is 774 g/mol. The molecule has 2 bridgehead atoms. The Labute approximate surface area is 338 Å². The normalized spacial score (nSPS) is 25.2. The Balaban J connectivity index is 1.42. The second kappa shape index (κ2) is 17.3. The first-order valence-electron chi connectivity index (χ1n) is 19.3. The Morgan fingerprint density at radius 2 is 1.73 bits per heavy atom. The molecule has 1 unspecified atom stereocenters. The van der Waals surface area contributed by atoms with Gasteiger partial charge in [0.05, 0.1) is 36.6 Å². The van der Waals surface area contributed by atoms with E-state index in [0.29, 0.717) is 17.7 Å². The topological polar surface area (TPSA) is 117 Å². The molecule has 3 aromatic rings. The van der Waals surface area contributed by atoms with Crippen molar-refractivity contribution in [1.29, 1.82) is 0 Å². The van der Waals surface area contributed by atoms with Crippen LogP contribution in [0.5, 0.6) is 0 Å². The lowest BCUT2D eigenvalue weighted by molar-refractivity contribution is -0.165. The monoisotopic (exact) mass is 825 g/mol. The van der Waals surface area contributed by atoms with Crippen molar-refractivity contribution in [3.05, 3.63) is 126 Å². The zero-order valence-electron chi connectivity index (χ0n) is 32.6. The number of nitrogens with zero attached hydrogens (tertiary/aromatic N) is 3. The number of hydrogen-bond acceptors (Lipinski definition) is 7. The van der Waals surface area contributed by atoms with Crippen LogP contribution in [0, 0.1) is 25.7 Å². The molecule has 0 aliphatic carbocycles. The number of allylic oxidation sites excluding steroid dienone is 1. The molecule has 0 aromatic heterocycles. The molecule has 1 spiro atoms. The van der Waals surface area contributed by atoms with Gasteiger partial charge in [-0.3, -0.25) is 19.2 Å². The number of alkyl halides is 1. The molecule has 3 saturated heterocycles. The highest BCUT2D eigenvalue weighted by Gasteiger charge is 2.77. The summed E-state index contributed by atoms with van der Waals surface area (Å²) < 4.78 is 13.3. The number of aliphatic hydroxyl groups excluding tert-OH is 1. The minimum absolute atomic E-state index is 0.124. The van der Waals surface area contributed by atoms with Gasteiger partial charge in [-0.1, -0.05) is 101 Å². The number of rotatable bonds is 16. The van der Waals surface area contributed by atoms with Gasteiger partial charge in [-0.25, -0.2) is 0 Å². The summed E-state index contributed by atoms with van der Waals surface area (Å²) in [7, 11) is 1.69. The lowest BCUT2D eigenvalue weighted by Gasteiger charge is -2.39. The maximum Gasteiger partial charge on any atom is 0.313 e. The van der Waals surface area contributed by atoms with Crippen LogP contribution in [0.15, 0.2) is 104 Å². The van der Waals surface area contributed by atoms with Crippen molar-refractivity contribution in [2.24, 2.45) is 11.8 Å². The third-order valence-electron chi connectivity index (χ3n) is 11.8. The second-order valence-electron chi connectivity index (χ2n) is 15.3. The fraction of sp³-hybridized carbons (Fsp3) is 0.422. The van der Waals surface area contributed by atoms with Crippen LogP contribution in [0.2, 0.25) is 0 Å². The van der Waals surface area contributed by atoms with Crippen molar-refractivity contribution in [3.8, 4) is 0 Å². The minimum atomic E-state index is -1.41. The second-order valence-corrected chi connectivity index (χ2v) is 16.5. The van der Waals surface area contributed by atoms with Gasteiger partial charge in [0.2, 0.25) is 11.8 Å². The van der Waals surface area contributed by atoms with E-state index < -0.39 is 66.3 Å². The number of likely N-dealkylation sites (N-methyl/N-ethyl adjacent to an activating group) is 1. The number of ether oxygens (including phenoxy) is 2. The van der Waals surface area contributed by atoms with Crippen LogP contribution in [-0.4, -0.2) is 93.5 Å². The molecule has 296 valence electrons. The van der Waals surface area contributed by atoms with Gasteiger partial charge < -0.3 is 29.3 Å². The van der Waals surface area contributed by atoms with E-state index in [1.165, 1.54) is 4.90 Å². The Hall–Kier alpha value is -4.58.